The molecule has 4 aliphatic rings. The van der Waals surface area contributed by atoms with Gasteiger partial charge in [-0.2, -0.15) is 0 Å². The topological polar surface area (TPSA) is 96.4 Å². The van der Waals surface area contributed by atoms with Crippen LogP contribution in [0.4, 0.5) is 10.5 Å². The number of aromatic hydroxyl groups is 1. The van der Waals surface area contributed by atoms with E-state index >= 15 is 0 Å². The number of phenolic OH excluding ortho intramolecular Hbond substituents is 1. The molecular formula is C35H45Br2N5O4. The minimum atomic E-state index is -0.488. The maximum atomic E-state index is 14.1. The van der Waals surface area contributed by atoms with Crippen LogP contribution in [0.3, 0.4) is 0 Å². The van der Waals surface area contributed by atoms with Crippen LogP contribution in [0.2, 0.25) is 0 Å². The summed E-state index contributed by atoms with van der Waals surface area (Å²) in [6.07, 6.45) is 6.52. The monoisotopic (exact) mass is 757 g/mol. The van der Waals surface area contributed by atoms with E-state index in [1.807, 2.05) is 51.1 Å². The van der Waals surface area contributed by atoms with Gasteiger partial charge in [0.05, 0.1) is 14.9 Å². The molecule has 0 radical (unpaired) electrons. The minimum Gasteiger partial charge on any atom is -0.506 e. The summed E-state index contributed by atoms with van der Waals surface area (Å²) in [6, 6.07) is 11.5. The van der Waals surface area contributed by atoms with Crippen molar-refractivity contribution in [2.75, 3.05) is 51.6 Å². The van der Waals surface area contributed by atoms with Gasteiger partial charge in [-0.1, -0.05) is 18.2 Å². The number of anilines is 1. The molecule has 0 saturated carbocycles. The van der Waals surface area contributed by atoms with Crippen LogP contribution < -0.4 is 5.32 Å². The highest BCUT2D eigenvalue weighted by atomic mass is 79.9. The fourth-order valence-corrected chi connectivity index (χ4v) is 9.18. The molecule has 4 amide bonds. The van der Waals surface area contributed by atoms with Crippen molar-refractivity contribution in [3.05, 3.63) is 56.5 Å². The first-order valence-corrected chi connectivity index (χ1v) is 18.3. The van der Waals surface area contributed by atoms with Crippen LogP contribution in [-0.4, -0.2) is 94.9 Å². The van der Waals surface area contributed by atoms with Gasteiger partial charge in [-0.3, -0.25) is 9.59 Å². The Kier molecular flexibility index (Phi) is 10.6. The van der Waals surface area contributed by atoms with E-state index in [9.17, 15) is 19.5 Å². The number of rotatable bonds is 7. The van der Waals surface area contributed by atoms with E-state index in [2.05, 4.69) is 49.1 Å². The minimum absolute atomic E-state index is 0.0108. The molecule has 3 fully saturated rings. The third-order valence-electron chi connectivity index (χ3n) is 10.7. The van der Waals surface area contributed by atoms with Gasteiger partial charge in [-0.15, -0.1) is 0 Å². The lowest BCUT2D eigenvalue weighted by molar-refractivity contribution is -0.143. The Morgan fingerprint density at radius 3 is 2.13 bits per heavy atom. The van der Waals surface area contributed by atoms with Crippen molar-refractivity contribution < 1.29 is 19.5 Å². The van der Waals surface area contributed by atoms with Crippen molar-refractivity contribution in [1.29, 1.82) is 0 Å². The molecule has 0 aliphatic carbocycles. The Labute approximate surface area is 288 Å². The van der Waals surface area contributed by atoms with Crippen LogP contribution in [0.1, 0.15) is 56.1 Å². The molecule has 2 N–H and O–H groups in total. The van der Waals surface area contributed by atoms with Crippen molar-refractivity contribution in [2.45, 2.75) is 64.0 Å². The standard InChI is InChI=1S/C35H45Br2N5O4/c1-39-12-6-24(7-13-39)25-8-14-41(15-9-25)34(45)27(18-23-19-29(36)33(44)30(37)20-23)21-32(43)40-16-10-28(11-17-40)42-22-26-4-2-3-5-31(26)38-35(42)46/h2-5,19-20,24-25,27-28,44H,6-18,21-22H2,1H3,(H,38,46). The number of amides is 4. The summed E-state index contributed by atoms with van der Waals surface area (Å²) in [5, 5.41) is 13.3. The van der Waals surface area contributed by atoms with E-state index < -0.39 is 5.92 Å². The van der Waals surface area contributed by atoms with Gasteiger partial charge in [0.2, 0.25) is 11.8 Å². The number of nitrogens with zero attached hydrogens (tertiary/aromatic N) is 4. The Bertz CT molecular complexity index is 1410. The van der Waals surface area contributed by atoms with E-state index in [1.165, 1.54) is 12.8 Å². The number of phenols is 1. The molecule has 0 aromatic heterocycles. The first kappa shape index (κ1) is 33.3. The summed E-state index contributed by atoms with van der Waals surface area (Å²) in [6.45, 7) is 5.50. The molecule has 0 spiro atoms. The molecule has 2 aromatic rings. The first-order chi connectivity index (χ1) is 22.2. The maximum Gasteiger partial charge on any atom is 0.322 e. The summed E-state index contributed by atoms with van der Waals surface area (Å²) in [4.78, 5) is 48.9. The van der Waals surface area contributed by atoms with Crippen molar-refractivity contribution in [2.24, 2.45) is 17.8 Å². The van der Waals surface area contributed by atoms with Crippen LogP contribution in [0.15, 0.2) is 45.3 Å². The lowest BCUT2D eigenvalue weighted by Gasteiger charge is -2.41. The number of likely N-dealkylation sites (tertiary alicyclic amines) is 3. The molecule has 3 saturated heterocycles. The van der Waals surface area contributed by atoms with Gasteiger partial charge in [-0.05, 0) is 138 Å². The molecule has 248 valence electrons. The quantitative estimate of drug-likeness (QED) is 0.357. The average Bonchev–Trinajstić information content (AvgIpc) is 3.06. The lowest BCUT2D eigenvalue weighted by Crippen LogP contribution is -2.51. The van der Waals surface area contributed by atoms with Crippen LogP contribution in [0.25, 0.3) is 0 Å². The van der Waals surface area contributed by atoms with Crippen molar-refractivity contribution in [3.8, 4) is 5.75 Å². The number of urea groups is 1. The summed E-state index contributed by atoms with van der Waals surface area (Å²) in [5.74, 6) is 1.08. The van der Waals surface area contributed by atoms with Crippen LogP contribution >= 0.6 is 31.9 Å². The average molecular weight is 760 g/mol. The molecule has 0 bridgehead atoms. The Hall–Kier alpha value is -2.63. The Morgan fingerprint density at radius 2 is 1.48 bits per heavy atom. The normalized spacial score (nSPS) is 21.2. The second-order valence-electron chi connectivity index (χ2n) is 13.6. The van der Waals surface area contributed by atoms with E-state index in [1.54, 1.807) is 0 Å². The van der Waals surface area contributed by atoms with E-state index in [-0.39, 0.29) is 36.1 Å². The predicted octanol–water partition coefficient (Wildman–Crippen LogP) is 6.09. The Morgan fingerprint density at radius 1 is 0.891 bits per heavy atom. The van der Waals surface area contributed by atoms with Crippen LogP contribution in [-0.2, 0) is 22.6 Å². The Balaban J connectivity index is 1.09. The number of piperidine rings is 3. The number of carbonyl (C=O) groups is 3. The zero-order chi connectivity index (χ0) is 32.4. The number of fused-ring (bicyclic) bond motifs is 1. The summed E-state index contributed by atoms with van der Waals surface area (Å²) in [7, 11) is 2.19. The molecule has 1 unspecified atom stereocenters. The van der Waals surface area contributed by atoms with Gasteiger partial charge in [0.1, 0.15) is 5.75 Å². The molecule has 4 aliphatic heterocycles. The third kappa shape index (κ3) is 7.57. The van der Waals surface area contributed by atoms with Gasteiger partial charge in [0.15, 0.2) is 0 Å². The lowest BCUT2D eigenvalue weighted by atomic mass is 9.78. The van der Waals surface area contributed by atoms with Crippen LogP contribution in [0.5, 0.6) is 5.75 Å². The highest BCUT2D eigenvalue weighted by Crippen LogP contribution is 2.36. The van der Waals surface area contributed by atoms with Gasteiger partial charge in [0, 0.05) is 50.9 Å². The fourth-order valence-electron chi connectivity index (χ4n) is 7.90. The molecule has 9 nitrogen and oxygen atoms in total. The number of halogens is 2. The first-order valence-electron chi connectivity index (χ1n) is 16.7. The smallest absolute Gasteiger partial charge is 0.322 e. The van der Waals surface area contributed by atoms with Gasteiger partial charge >= 0.3 is 6.03 Å². The molecule has 11 heteroatoms. The zero-order valence-electron chi connectivity index (χ0n) is 26.6. The van der Waals surface area contributed by atoms with Crippen molar-refractivity contribution in [1.82, 2.24) is 19.6 Å². The van der Waals surface area contributed by atoms with E-state index in [4.69, 9.17) is 0 Å². The number of nitrogens with one attached hydrogen (secondary N) is 1. The number of hydrogen-bond acceptors (Lipinski definition) is 5. The van der Waals surface area contributed by atoms with Gasteiger partial charge < -0.3 is 30.0 Å². The third-order valence-corrected chi connectivity index (χ3v) is 11.9. The molecule has 4 heterocycles. The molecule has 2 aromatic carbocycles. The summed E-state index contributed by atoms with van der Waals surface area (Å²) < 4.78 is 1.11. The second kappa shape index (κ2) is 14.6. The zero-order valence-corrected chi connectivity index (χ0v) is 29.8. The maximum absolute atomic E-state index is 14.1. The summed E-state index contributed by atoms with van der Waals surface area (Å²) in [5.41, 5.74) is 2.86. The predicted molar refractivity (Wildman–Crippen MR) is 185 cm³/mol. The number of hydrogen-bond donors (Lipinski definition) is 2. The van der Waals surface area contributed by atoms with Crippen molar-refractivity contribution >= 4 is 55.4 Å². The molecule has 46 heavy (non-hydrogen) atoms. The molecular weight excluding hydrogens is 714 g/mol. The fraction of sp³-hybridized carbons (Fsp3) is 0.571. The second-order valence-corrected chi connectivity index (χ2v) is 15.4. The largest absolute Gasteiger partial charge is 0.506 e. The number of para-hydroxylation sites is 1. The van der Waals surface area contributed by atoms with Gasteiger partial charge in [-0.25, -0.2) is 4.79 Å². The van der Waals surface area contributed by atoms with Gasteiger partial charge in [0.25, 0.3) is 0 Å². The summed E-state index contributed by atoms with van der Waals surface area (Å²) >= 11 is 6.86. The highest BCUT2D eigenvalue weighted by Gasteiger charge is 2.36. The van der Waals surface area contributed by atoms with Crippen molar-refractivity contribution in [3.63, 3.8) is 0 Å². The highest BCUT2D eigenvalue weighted by molar-refractivity contribution is 9.11. The molecule has 6 rings (SSSR count). The van der Waals surface area contributed by atoms with Crippen LogP contribution in [0, 0.1) is 17.8 Å². The number of carbonyl (C=O) groups excluding carboxylic acids is 3. The molecule has 1 atom stereocenters. The van der Waals surface area contributed by atoms with E-state index in [0.717, 1.165) is 61.8 Å². The number of benzene rings is 2. The van der Waals surface area contributed by atoms with E-state index in [0.29, 0.717) is 53.8 Å². The SMILES string of the molecule is CN1CCC(C2CCN(C(=O)C(CC(=O)N3CCC(N4Cc5ccccc5NC4=O)CC3)Cc3cc(Br)c(O)c(Br)c3)CC2)CC1.